The van der Waals surface area contributed by atoms with Gasteiger partial charge < -0.3 is 9.64 Å². The Kier molecular flexibility index (Phi) is 4.61. The average molecular weight is 270 g/mol. The number of benzene rings is 1. The molecule has 20 heavy (non-hydrogen) atoms. The fourth-order valence-corrected chi connectivity index (χ4v) is 2.36. The van der Waals surface area contributed by atoms with Gasteiger partial charge in [-0.1, -0.05) is 37.3 Å². The molecule has 0 aliphatic heterocycles. The van der Waals surface area contributed by atoms with Gasteiger partial charge in [-0.05, 0) is 24.5 Å². The molecule has 2 rings (SSSR count). The zero-order valence-corrected chi connectivity index (χ0v) is 12.7. The molecular weight excluding hydrogens is 248 g/mol. The molecule has 0 N–H and O–H groups in total. The predicted octanol–water partition coefficient (Wildman–Crippen LogP) is 3.60. The molecule has 3 nitrogen and oxygen atoms in total. The van der Waals surface area contributed by atoms with E-state index in [9.17, 15) is 0 Å². The van der Waals surface area contributed by atoms with E-state index in [1.165, 1.54) is 16.7 Å². The number of nitrogens with zero attached hydrogens (tertiary/aromatic N) is 2. The Labute approximate surface area is 121 Å². The number of ether oxygens (including phenoxy) is 1. The van der Waals surface area contributed by atoms with Crippen LogP contribution in [0.3, 0.4) is 0 Å². The van der Waals surface area contributed by atoms with E-state index in [1.807, 2.05) is 43.4 Å². The Morgan fingerprint density at radius 1 is 1.15 bits per heavy atom. The van der Waals surface area contributed by atoms with Crippen LogP contribution in [0.5, 0.6) is 5.75 Å². The van der Waals surface area contributed by atoms with Crippen LogP contribution < -0.4 is 9.64 Å². The van der Waals surface area contributed by atoms with Crippen molar-refractivity contribution in [3.8, 4) is 5.75 Å². The van der Waals surface area contributed by atoms with Crippen molar-refractivity contribution >= 4 is 5.82 Å². The van der Waals surface area contributed by atoms with Gasteiger partial charge in [0.05, 0.1) is 6.20 Å². The van der Waals surface area contributed by atoms with Crippen LogP contribution in [-0.2, 0) is 13.0 Å². The van der Waals surface area contributed by atoms with Crippen molar-refractivity contribution in [2.45, 2.75) is 26.9 Å². The summed E-state index contributed by atoms with van der Waals surface area (Å²) in [5, 5.41) is 0. The maximum absolute atomic E-state index is 5.95. The number of aromatic nitrogens is 1. The maximum atomic E-state index is 5.95. The standard InChI is InChI=1S/C17H22N2O/c1-5-15-13(2)17(19(3)4)18-11-16(15)20-12-14-9-7-6-8-10-14/h6-11H,5,12H2,1-4H3. The van der Waals surface area contributed by atoms with E-state index < -0.39 is 0 Å². The van der Waals surface area contributed by atoms with Crippen molar-refractivity contribution in [1.82, 2.24) is 4.98 Å². The highest BCUT2D eigenvalue weighted by Gasteiger charge is 2.12. The minimum atomic E-state index is 0.580. The van der Waals surface area contributed by atoms with Crippen LogP contribution in [0.25, 0.3) is 0 Å². The lowest BCUT2D eigenvalue weighted by Gasteiger charge is -2.19. The molecule has 3 heteroatoms. The summed E-state index contributed by atoms with van der Waals surface area (Å²) < 4.78 is 5.95. The van der Waals surface area contributed by atoms with Crippen molar-refractivity contribution in [2.24, 2.45) is 0 Å². The summed E-state index contributed by atoms with van der Waals surface area (Å²) in [6.07, 6.45) is 2.78. The lowest BCUT2D eigenvalue weighted by molar-refractivity contribution is 0.301. The second-order valence-electron chi connectivity index (χ2n) is 5.07. The van der Waals surface area contributed by atoms with E-state index in [-0.39, 0.29) is 0 Å². The topological polar surface area (TPSA) is 25.4 Å². The van der Waals surface area contributed by atoms with Gasteiger partial charge in [0, 0.05) is 19.7 Å². The summed E-state index contributed by atoms with van der Waals surface area (Å²) in [5.74, 6) is 1.90. The fourth-order valence-electron chi connectivity index (χ4n) is 2.36. The molecule has 0 spiro atoms. The van der Waals surface area contributed by atoms with Crippen LogP contribution in [0.4, 0.5) is 5.82 Å². The van der Waals surface area contributed by atoms with Crippen molar-refractivity contribution < 1.29 is 4.74 Å². The Morgan fingerprint density at radius 3 is 2.45 bits per heavy atom. The van der Waals surface area contributed by atoms with E-state index in [0.717, 1.165) is 18.0 Å². The second kappa shape index (κ2) is 6.42. The third kappa shape index (κ3) is 3.10. The summed E-state index contributed by atoms with van der Waals surface area (Å²) in [6.45, 7) is 4.84. The molecule has 106 valence electrons. The summed E-state index contributed by atoms with van der Waals surface area (Å²) in [7, 11) is 4.03. The van der Waals surface area contributed by atoms with Crippen LogP contribution in [0, 0.1) is 6.92 Å². The van der Waals surface area contributed by atoms with Gasteiger partial charge in [0.1, 0.15) is 18.2 Å². The summed E-state index contributed by atoms with van der Waals surface area (Å²) in [6, 6.07) is 10.2. The van der Waals surface area contributed by atoms with Crippen molar-refractivity contribution in [3.63, 3.8) is 0 Å². The van der Waals surface area contributed by atoms with Gasteiger partial charge in [-0.15, -0.1) is 0 Å². The average Bonchev–Trinajstić information content (AvgIpc) is 2.45. The first-order valence-corrected chi connectivity index (χ1v) is 6.96. The number of hydrogen-bond acceptors (Lipinski definition) is 3. The monoisotopic (exact) mass is 270 g/mol. The van der Waals surface area contributed by atoms with Gasteiger partial charge in [-0.2, -0.15) is 0 Å². The first-order chi connectivity index (χ1) is 9.63. The van der Waals surface area contributed by atoms with Crippen LogP contribution >= 0.6 is 0 Å². The van der Waals surface area contributed by atoms with Gasteiger partial charge in [0.2, 0.25) is 0 Å². The quantitative estimate of drug-likeness (QED) is 0.830. The molecule has 0 bridgehead atoms. The van der Waals surface area contributed by atoms with Crippen LogP contribution in [-0.4, -0.2) is 19.1 Å². The summed E-state index contributed by atoms with van der Waals surface area (Å²) >= 11 is 0. The Hall–Kier alpha value is -2.03. The molecule has 0 radical (unpaired) electrons. The van der Waals surface area contributed by atoms with Crippen molar-refractivity contribution in [2.75, 3.05) is 19.0 Å². The molecule has 0 amide bonds. The van der Waals surface area contributed by atoms with Gasteiger partial charge in [0.25, 0.3) is 0 Å². The van der Waals surface area contributed by atoms with Gasteiger partial charge in [-0.25, -0.2) is 4.98 Å². The van der Waals surface area contributed by atoms with E-state index in [1.54, 1.807) is 0 Å². The van der Waals surface area contributed by atoms with Gasteiger partial charge in [0.15, 0.2) is 0 Å². The van der Waals surface area contributed by atoms with Crippen LogP contribution in [0.2, 0.25) is 0 Å². The zero-order valence-electron chi connectivity index (χ0n) is 12.7. The number of rotatable bonds is 5. The molecule has 1 heterocycles. The summed E-state index contributed by atoms with van der Waals surface area (Å²) in [4.78, 5) is 6.54. The molecular formula is C17H22N2O. The molecule has 0 aliphatic rings. The third-order valence-electron chi connectivity index (χ3n) is 3.40. The number of hydrogen-bond donors (Lipinski definition) is 0. The molecule has 1 aromatic heterocycles. The number of pyridine rings is 1. The Morgan fingerprint density at radius 2 is 1.85 bits per heavy atom. The first-order valence-electron chi connectivity index (χ1n) is 6.96. The lowest BCUT2D eigenvalue weighted by atomic mass is 10.1. The Balaban J connectivity index is 2.22. The highest BCUT2D eigenvalue weighted by atomic mass is 16.5. The molecule has 0 unspecified atom stereocenters. The maximum Gasteiger partial charge on any atom is 0.141 e. The molecule has 0 atom stereocenters. The van der Waals surface area contributed by atoms with E-state index in [4.69, 9.17) is 4.74 Å². The molecule has 0 saturated carbocycles. The molecule has 0 aliphatic carbocycles. The smallest absolute Gasteiger partial charge is 0.141 e. The molecule has 1 aromatic carbocycles. The Bertz CT molecular complexity index is 565. The van der Waals surface area contributed by atoms with Crippen molar-refractivity contribution in [1.29, 1.82) is 0 Å². The highest BCUT2D eigenvalue weighted by molar-refractivity contribution is 5.53. The second-order valence-corrected chi connectivity index (χ2v) is 5.07. The van der Waals surface area contributed by atoms with Crippen LogP contribution in [0.15, 0.2) is 36.5 Å². The van der Waals surface area contributed by atoms with Gasteiger partial charge >= 0.3 is 0 Å². The van der Waals surface area contributed by atoms with Crippen LogP contribution in [0.1, 0.15) is 23.6 Å². The lowest BCUT2D eigenvalue weighted by Crippen LogP contribution is -2.14. The minimum Gasteiger partial charge on any atom is -0.487 e. The highest BCUT2D eigenvalue weighted by Crippen LogP contribution is 2.28. The fraction of sp³-hybridized carbons (Fsp3) is 0.353. The normalized spacial score (nSPS) is 10.4. The van der Waals surface area contributed by atoms with E-state index >= 15 is 0 Å². The third-order valence-corrected chi connectivity index (χ3v) is 3.40. The van der Waals surface area contributed by atoms with Gasteiger partial charge in [-0.3, -0.25) is 0 Å². The SMILES string of the molecule is CCc1c(OCc2ccccc2)cnc(N(C)C)c1C. The predicted molar refractivity (Wildman–Crippen MR) is 83.5 cm³/mol. The minimum absolute atomic E-state index is 0.580. The first kappa shape index (κ1) is 14.4. The number of anilines is 1. The van der Waals surface area contributed by atoms with E-state index in [0.29, 0.717) is 6.61 Å². The largest absolute Gasteiger partial charge is 0.487 e. The molecule has 2 aromatic rings. The molecule has 0 saturated heterocycles. The van der Waals surface area contributed by atoms with Crippen molar-refractivity contribution in [3.05, 3.63) is 53.2 Å². The zero-order chi connectivity index (χ0) is 14.5. The molecule has 0 fully saturated rings. The summed E-state index contributed by atoms with van der Waals surface area (Å²) in [5.41, 5.74) is 3.60. The van der Waals surface area contributed by atoms with E-state index in [2.05, 4.69) is 31.0 Å².